The third-order valence-corrected chi connectivity index (χ3v) is 4.15. The first-order chi connectivity index (χ1) is 10.0. The average Bonchev–Trinajstić information content (AvgIpc) is 2.46. The summed E-state index contributed by atoms with van der Waals surface area (Å²) < 4.78 is 6.41. The lowest BCUT2D eigenvalue weighted by atomic mass is 10.0. The molecular weight excluding hydrogens is 258 g/mol. The van der Waals surface area contributed by atoms with E-state index in [2.05, 4.69) is 59.0 Å². The lowest BCUT2D eigenvalue weighted by Crippen LogP contribution is -2.43. The SMILES string of the molecule is CCCNC(CCC)C(CC)Oc1cc(C)cc(C)c1C. The van der Waals surface area contributed by atoms with E-state index in [9.17, 15) is 0 Å². The van der Waals surface area contributed by atoms with E-state index in [-0.39, 0.29) is 6.10 Å². The Morgan fingerprint density at radius 1 is 1.05 bits per heavy atom. The highest BCUT2D eigenvalue weighted by Crippen LogP contribution is 2.26. The second-order valence-electron chi connectivity index (χ2n) is 6.12. The minimum Gasteiger partial charge on any atom is -0.489 e. The van der Waals surface area contributed by atoms with Crippen molar-refractivity contribution >= 4 is 0 Å². The van der Waals surface area contributed by atoms with Crippen molar-refractivity contribution in [2.24, 2.45) is 0 Å². The Labute approximate surface area is 131 Å². The van der Waals surface area contributed by atoms with Crippen LogP contribution >= 0.6 is 0 Å². The lowest BCUT2D eigenvalue weighted by molar-refractivity contribution is 0.141. The molecule has 1 aromatic rings. The Balaban J connectivity index is 2.88. The number of aryl methyl sites for hydroxylation is 2. The summed E-state index contributed by atoms with van der Waals surface area (Å²) in [5, 5.41) is 3.67. The standard InChI is InChI=1S/C19H33NO/c1-7-10-17(20-11-8-2)18(9-3)21-19-13-14(4)12-15(5)16(19)6/h12-13,17-18,20H,7-11H2,1-6H3. The van der Waals surface area contributed by atoms with Crippen molar-refractivity contribution in [3.63, 3.8) is 0 Å². The normalized spacial score (nSPS) is 14.0. The van der Waals surface area contributed by atoms with Crippen LogP contribution in [0.3, 0.4) is 0 Å². The molecule has 0 aromatic heterocycles. The molecular formula is C19H33NO. The van der Waals surface area contributed by atoms with Gasteiger partial charge in [0.25, 0.3) is 0 Å². The quantitative estimate of drug-likeness (QED) is 0.696. The van der Waals surface area contributed by atoms with Gasteiger partial charge in [-0.1, -0.05) is 33.3 Å². The first kappa shape index (κ1) is 18.0. The molecule has 0 heterocycles. The van der Waals surface area contributed by atoms with Crippen molar-refractivity contribution in [1.82, 2.24) is 5.32 Å². The molecule has 0 saturated heterocycles. The predicted octanol–water partition coefficient (Wildman–Crippen LogP) is 4.94. The molecule has 0 bridgehead atoms. The number of hydrogen-bond acceptors (Lipinski definition) is 2. The summed E-state index contributed by atoms with van der Waals surface area (Å²) in [7, 11) is 0. The van der Waals surface area contributed by atoms with Crippen LogP contribution in [0.5, 0.6) is 5.75 Å². The molecule has 0 aliphatic carbocycles. The van der Waals surface area contributed by atoms with Gasteiger partial charge in [-0.2, -0.15) is 0 Å². The maximum absolute atomic E-state index is 6.41. The van der Waals surface area contributed by atoms with Crippen molar-refractivity contribution in [2.75, 3.05) is 6.54 Å². The van der Waals surface area contributed by atoms with Gasteiger partial charge in [0.1, 0.15) is 11.9 Å². The zero-order valence-electron chi connectivity index (χ0n) is 14.8. The molecule has 0 aliphatic heterocycles. The van der Waals surface area contributed by atoms with Crippen molar-refractivity contribution < 1.29 is 4.74 Å². The molecule has 1 aromatic carbocycles. The molecule has 0 radical (unpaired) electrons. The number of ether oxygens (including phenoxy) is 1. The van der Waals surface area contributed by atoms with E-state index >= 15 is 0 Å². The summed E-state index contributed by atoms with van der Waals surface area (Å²) in [5.41, 5.74) is 3.86. The minimum atomic E-state index is 0.247. The smallest absolute Gasteiger partial charge is 0.123 e. The van der Waals surface area contributed by atoms with Crippen LogP contribution in [0.4, 0.5) is 0 Å². The number of nitrogens with one attached hydrogen (secondary N) is 1. The molecule has 0 amide bonds. The van der Waals surface area contributed by atoms with Crippen LogP contribution in [0.1, 0.15) is 63.1 Å². The van der Waals surface area contributed by atoms with Gasteiger partial charge in [-0.25, -0.2) is 0 Å². The molecule has 0 saturated carbocycles. The summed E-state index contributed by atoms with van der Waals surface area (Å²) >= 11 is 0. The van der Waals surface area contributed by atoms with E-state index in [1.165, 1.54) is 36.0 Å². The van der Waals surface area contributed by atoms with Crippen LogP contribution in [0, 0.1) is 20.8 Å². The van der Waals surface area contributed by atoms with Crippen molar-refractivity contribution in [2.45, 2.75) is 79.4 Å². The van der Waals surface area contributed by atoms with Crippen molar-refractivity contribution in [3.8, 4) is 5.75 Å². The molecule has 120 valence electrons. The van der Waals surface area contributed by atoms with Gasteiger partial charge in [-0.15, -0.1) is 0 Å². The van der Waals surface area contributed by atoms with Gasteiger partial charge in [0.15, 0.2) is 0 Å². The third-order valence-electron chi connectivity index (χ3n) is 4.15. The average molecular weight is 291 g/mol. The molecule has 0 spiro atoms. The molecule has 2 heteroatoms. The molecule has 0 fully saturated rings. The summed E-state index contributed by atoms with van der Waals surface area (Å²) in [4.78, 5) is 0. The van der Waals surface area contributed by atoms with Crippen LogP contribution < -0.4 is 10.1 Å². The van der Waals surface area contributed by atoms with Crippen LogP contribution in [-0.2, 0) is 0 Å². The second kappa shape index (κ2) is 9.09. The lowest BCUT2D eigenvalue weighted by Gasteiger charge is -2.29. The maximum Gasteiger partial charge on any atom is 0.123 e. The van der Waals surface area contributed by atoms with Gasteiger partial charge in [0, 0.05) is 6.04 Å². The number of rotatable bonds is 9. The Morgan fingerprint density at radius 2 is 1.76 bits per heavy atom. The molecule has 0 aliphatic rings. The van der Waals surface area contributed by atoms with Gasteiger partial charge in [0.05, 0.1) is 0 Å². The summed E-state index contributed by atoms with van der Waals surface area (Å²) in [6.07, 6.45) is 4.80. The molecule has 1 N–H and O–H groups in total. The number of benzene rings is 1. The largest absolute Gasteiger partial charge is 0.489 e. The fraction of sp³-hybridized carbons (Fsp3) is 0.684. The van der Waals surface area contributed by atoms with E-state index in [1.807, 2.05) is 0 Å². The Bertz CT molecular complexity index is 428. The van der Waals surface area contributed by atoms with E-state index < -0.39 is 0 Å². The van der Waals surface area contributed by atoms with Gasteiger partial charge in [0.2, 0.25) is 0 Å². The van der Waals surface area contributed by atoms with E-state index in [1.54, 1.807) is 0 Å². The first-order valence-electron chi connectivity index (χ1n) is 8.51. The van der Waals surface area contributed by atoms with Gasteiger partial charge >= 0.3 is 0 Å². The topological polar surface area (TPSA) is 21.3 Å². The third kappa shape index (κ3) is 5.35. The van der Waals surface area contributed by atoms with E-state index in [4.69, 9.17) is 4.74 Å². The Hall–Kier alpha value is -1.02. The van der Waals surface area contributed by atoms with Crippen LogP contribution in [0.25, 0.3) is 0 Å². The highest BCUT2D eigenvalue weighted by atomic mass is 16.5. The van der Waals surface area contributed by atoms with Crippen LogP contribution in [-0.4, -0.2) is 18.7 Å². The summed E-state index contributed by atoms with van der Waals surface area (Å²) in [6, 6.07) is 4.84. The van der Waals surface area contributed by atoms with Crippen LogP contribution in [0.15, 0.2) is 12.1 Å². The minimum absolute atomic E-state index is 0.247. The molecule has 1 rings (SSSR count). The van der Waals surface area contributed by atoms with Crippen molar-refractivity contribution in [3.05, 3.63) is 28.8 Å². The highest BCUT2D eigenvalue weighted by Gasteiger charge is 2.21. The van der Waals surface area contributed by atoms with Crippen LogP contribution in [0.2, 0.25) is 0 Å². The zero-order valence-corrected chi connectivity index (χ0v) is 14.8. The monoisotopic (exact) mass is 291 g/mol. The Morgan fingerprint density at radius 3 is 2.33 bits per heavy atom. The fourth-order valence-electron chi connectivity index (χ4n) is 2.80. The number of hydrogen-bond donors (Lipinski definition) is 1. The van der Waals surface area contributed by atoms with E-state index in [0.717, 1.165) is 18.7 Å². The first-order valence-corrected chi connectivity index (χ1v) is 8.51. The molecule has 2 nitrogen and oxygen atoms in total. The molecule has 21 heavy (non-hydrogen) atoms. The van der Waals surface area contributed by atoms with Gasteiger partial charge < -0.3 is 10.1 Å². The Kier molecular flexibility index (Phi) is 7.81. The second-order valence-corrected chi connectivity index (χ2v) is 6.12. The van der Waals surface area contributed by atoms with Gasteiger partial charge in [-0.3, -0.25) is 0 Å². The van der Waals surface area contributed by atoms with Crippen molar-refractivity contribution in [1.29, 1.82) is 0 Å². The summed E-state index contributed by atoms with van der Waals surface area (Å²) in [5.74, 6) is 1.05. The van der Waals surface area contributed by atoms with E-state index in [0.29, 0.717) is 6.04 Å². The molecule has 2 unspecified atom stereocenters. The maximum atomic E-state index is 6.41. The predicted molar refractivity (Wildman–Crippen MR) is 92.3 cm³/mol. The fourth-order valence-corrected chi connectivity index (χ4v) is 2.80. The van der Waals surface area contributed by atoms with Gasteiger partial charge in [-0.05, 0) is 69.3 Å². The molecule has 2 atom stereocenters. The zero-order chi connectivity index (χ0) is 15.8. The summed E-state index contributed by atoms with van der Waals surface area (Å²) in [6.45, 7) is 14.2. The highest BCUT2D eigenvalue weighted by molar-refractivity contribution is 5.42.